The first-order valence-corrected chi connectivity index (χ1v) is 13.7. The Morgan fingerprint density at radius 1 is 1.18 bits per heavy atom. The van der Waals surface area contributed by atoms with Crippen LogP contribution >= 0.6 is 12.6 Å². The summed E-state index contributed by atoms with van der Waals surface area (Å²) in [5.74, 6) is -1.57. The highest BCUT2D eigenvalue weighted by atomic mass is 32.1. The van der Waals surface area contributed by atoms with Gasteiger partial charge >= 0.3 is 0 Å². The van der Waals surface area contributed by atoms with E-state index < -0.39 is 41.0 Å². The van der Waals surface area contributed by atoms with Gasteiger partial charge < -0.3 is 27.0 Å². The Kier molecular flexibility index (Phi) is 9.22. The highest BCUT2D eigenvalue weighted by molar-refractivity contribution is 7.90. The van der Waals surface area contributed by atoms with E-state index in [4.69, 9.17) is 11.5 Å². The van der Waals surface area contributed by atoms with Crippen molar-refractivity contribution in [3.63, 3.8) is 0 Å². The first-order valence-electron chi connectivity index (χ1n) is 13.3. The summed E-state index contributed by atoms with van der Waals surface area (Å²) in [7, 11) is 0. The molecule has 2 fully saturated rings. The Labute approximate surface area is 236 Å². The van der Waals surface area contributed by atoms with Gasteiger partial charge in [0.25, 0.3) is 5.91 Å². The molecule has 1 aromatic rings. The summed E-state index contributed by atoms with van der Waals surface area (Å²) < 4.78 is 14.4. The summed E-state index contributed by atoms with van der Waals surface area (Å²) in [6.45, 7) is 13.2. The summed E-state index contributed by atoms with van der Waals surface area (Å²) in [5.41, 5.74) is 12.7. The lowest BCUT2D eigenvalue weighted by Crippen LogP contribution is -2.59. The van der Waals surface area contributed by atoms with Crippen LogP contribution in [0.3, 0.4) is 0 Å². The maximum absolute atomic E-state index is 14.4. The molecule has 0 aromatic heterocycles. The lowest BCUT2D eigenvalue weighted by Gasteiger charge is -2.36. The maximum atomic E-state index is 14.4. The number of hydrogen-bond donors (Lipinski definition) is 5. The first-order chi connectivity index (χ1) is 18.0. The van der Waals surface area contributed by atoms with Crippen LogP contribution in [0.25, 0.3) is 4.91 Å². The molecule has 214 valence electrons. The third-order valence-electron chi connectivity index (χ3n) is 7.23. The highest BCUT2D eigenvalue weighted by Gasteiger charge is 2.53. The van der Waals surface area contributed by atoms with Gasteiger partial charge in [-0.05, 0) is 56.1 Å². The van der Waals surface area contributed by atoms with Crippen molar-refractivity contribution in [2.45, 2.75) is 90.1 Å². The van der Waals surface area contributed by atoms with Gasteiger partial charge in [-0.25, -0.2) is 4.39 Å². The molecular formula is C29H42FN5O3S. The number of halogens is 1. The molecule has 1 heterocycles. The molecule has 3 amide bonds. The molecule has 4 atom stereocenters. The summed E-state index contributed by atoms with van der Waals surface area (Å²) >= 11 is 4.46. The normalized spacial score (nSPS) is 22.4. The van der Waals surface area contributed by atoms with Crippen molar-refractivity contribution >= 4 is 35.3 Å². The number of nitrogens with one attached hydrogen (secondary N) is 2. The minimum atomic E-state index is -1.92. The summed E-state index contributed by atoms with van der Waals surface area (Å²) in [5, 5.41) is 5.70. The Morgan fingerprint density at radius 3 is 2.26 bits per heavy atom. The van der Waals surface area contributed by atoms with Crippen LogP contribution in [0, 0.1) is 5.41 Å². The number of thiol groups is 1. The lowest BCUT2D eigenvalue weighted by atomic mass is 9.85. The van der Waals surface area contributed by atoms with Crippen LogP contribution in [-0.4, -0.2) is 53.0 Å². The van der Waals surface area contributed by atoms with Gasteiger partial charge in [0.1, 0.15) is 12.1 Å². The standard InChI is InChI=1S/C29H42FN5O3S/c1-16(2)13-21(18-7-9-19(10-8-18)23(39)17(3)31)33-25(36)22-14-20(32)15-35(22)26(37)24(28(4,5)6)34-27(38)29(30)11-12-29/h7-10,20-22,24,39H,1,11-15,31-32H2,2-6H3,(H,33,36)(H,34,38)/b23-17-. The molecule has 3 rings (SSSR count). The average Bonchev–Trinajstić information content (AvgIpc) is 3.48. The number of allylic oxidation sites excluding steroid dienone is 1. The quantitative estimate of drug-likeness (QED) is 0.234. The van der Waals surface area contributed by atoms with E-state index in [-0.39, 0.29) is 37.8 Å². The predicted octanol–water partition coefficient (Wildman–Crippen LogP) is 3.35. The Morgan fingerprint density at radius 2 is 1.77 bits per heavy atom. The van der Waals surface area contributed by atoms with E-state index in [1.165, 1.54) is 4.90 Å². The molecular weight excluding hydrogens is 517 g/mol. The average molecular weight is 560 g/mol. The fourth-order valence-electron chi connectivity index (χ4n) is 4.74. The molecule has 4 unspecified atom stereocenters. The predicted molar refractivity (Wildman–Crippen MR) is 155 cm³/mol. The number of carbonyl (C=O) groups excluding carboxylic acids is 3. The number of rotatable bonds is 9. The molecule has 1 aliphatic heterocycles. The van der Waals surface area contributed by atoms with E-state index in [1.54, 1.807) is 27.7 Å². The molecule has 0 bridgehead atoms. The zero-order valence-corrected chi connectivity index (χ0v) is 24.4. The molecule has 2 aliphatic rings. The van der Waals surface area contributed by atoms with Crippen molar-refractivity contribution < 1.29 is 18.8 Å². The Balaban J connectivity index is 1.82. The number of hydrogen-bond acceptors (Lipinski definition) is 6. The van der Waals surface area contributed by atoms with Gasteiger partial charge in [0.15, 0.2) is 5.67 Å². The van der Waals surface area contributed by atoms with Gasteiger partial charge in [0, 0.05) is 23.2 Å². The van der Waals surface area contributed by atoms with Crippen molar-refractivity contribution in [1.29, 1.82) is 0 Å². The molecule has 1 aromatic carbocycles. The number of nitrogens with zero attached hydrogens (tertiary/aromatic N) is 1. The van der Waals surface area contributed by atoms with Gasteiger partial charge in [0.05, 0.1) is 6.04 Å². The summed E-state index contributed by atoms with van der Waals surface area (Å²) in [4.78, 5) is 42.0. The molecule has 39 heavy (non-hydrogen) atoms. The smallest absolute Gasteiger partial charge is 0.258 e. The Bertz CT molecular complexity index is 1150. The van der Waals surface area contributed by atoms with Crippen LogP contribution in [0.2, 0.25) is 0 Å². The van der Waals surface area contributed by atoms with Gasteiger partial charge in [-0.1, -0.05) is 50.6 Å². The highest BCUT2D eigenvalue weighted by Crippen LogP contribution is 2.40. The van der Waals surface area contributed by atoms with E-state index in [2.05, 4.69) is 29.8 Å². The third-order valence-corrected chi connectivity index (χ3v) is 7.84. The number of amides is 3. The first kappa shape index (κ1) is 30.7. The molecule has 1 saturated heterocycles. The zero-order chi connectivity index (χ0) is 29.3. The van der Waals surface area contributed by atoms with Gasteiger partial charge in [0.2, 0.25) is 11.8 Å². The number of benzene rings is 1. The van der Waals surface area contributed by atoms with Crippen molar-refractivity contribution in [1.82, 2.24) is 15.5 Å². The van der Waals surface area contributed by atoms with E-state index >= 15 is 0 Å². The molecule has 10 heteroatoms. The van der Waals surface area contributed by atoms with Crippen molar-refractivity contribution in [3.05, 3.63) is 53.2 Å². The van der Waals surface area contributed by atoms with Gasteiger partial charge in [-0.2, -0.15) is 0 Å². The number of likely N-dealkylation sites (tertiary alicyclic amines) is 1. The van der Waals surface area contributed by atoms with Crippen LogP contribution in [0.5, 0.6) is 0 Å². The van der Waals surface area contributed by atoms with Crippen molar-refractivity contribution in [3.8, 4) is 0 Å². The van der Waals surface area contributed by atoms with Crippen molar-refractivity contribution in [2.24, 2.45) is 16.9 Å². The van der Waals surface area contributed by atoms with E-state index in [0.717, 1.165) is 16.7 Å². The summed E-state index contributed by atoms with van der Waals surface area (Å²) in [6, 6.07) is 4.96. The SMILES string of the molecule is C=C(C)CC(NC(=O)C1CC(N)CN1C(=O)C(NC(=O)C1(F)CC1)C(C)(C)C)c1ccc(/C(S)=C(\C)N)cc1. The second kappa shape index (κ2) is 11.7. The maximum Gasteiger partial charge on any atom is 0.258 e. The van der Waals surface area contributed by atoms with Crippen LogP contribution in [-0.2, 0) is 14.4 Å². The van der Waals surface area contributed by atoms with Crippen LogP contribution in [0.15, 0.2) is 42.1 Å². The number of alkyl halides is 1. The van der Waals surface area contributed by atoms with E-state index in [0.29, 0.717) is 17.0 Å². The second-order valence-corrected chi connectivity index (χ2v) is 12.6. The zero-order valence-electron chi connectivity index (χ0n) is 23.5. The minimum Gasteiger partial charge on any atom is -0.401 e. The van der Waals surface area contributed by atoms with Crippen LogP contribution in [0.4, 0.5) is 4.39 Å². The van der Waals surface area contributed by atoms with E-state index in [9.17, 15) is 18.8 Å². The minimum absolute atomic E-state index is 0.145. The third kappa shape index (κ3) is 7.42. The lowest BCUT2D eigenvalue weighted by molar-refractivity contribution is -0.145. The van der Waals surface area contributed by atoms with E-state index in [1.807, 2.05) is 31.2 Å². The van der Waals surface area contributed by atoms with Crippen LogP contribution in [0.1, 0.15) is 77.5 Å². The van der Waals surface area contributed by atoms with Crippen LogP contribution < -0.4 is 22.1 Å². The fourth-order valence-corrected chi connectivity index (χ4v) is 4.89. The second-order valence-electron chi connectivity index (χ2n) is 12.1. The molecule has 6 N–H and O–H groups in total. The molecule has 0 spiro atoms. The van der Waals surface area contributed by atoms with Gasteiger partial charge in [-0.15, -0.1) is 19.2 Å². The molecule has 0 radical (unpaired) electrons. The largest absolute Gasteiger partial charge is 0.401 e. The van der Waals surface area contributed by atoms with Crippen molar-refractivity contribution in [2.75, 3.05) is 6.54 Å². The number of carbonyl (C=O) groups is 3. The summed E-state index contributed by atoms with van der Waals surface area (Å²) in [6.07, 6.45) is 1.06. The topological polar surface area (TPSA) is 131 Å². The molecule has 8 nitrogen and oxygen atoms in total. The van der Waals surface area contributed by atoms with Gasteiger partial charge in [-0.3, -0.25) is 14.4 Å². The molecule has 1 aliphatic carbocycles. The number of nitrogens with two attached hydrogens (primary N) is 2. The Hall–Kier alpha value is -2.85. The molecule has 1 saturated carbocycles. The fraction of sp³-hybridized carbons (Fsp3) is 0.552. The monoisotopic (exact) mass is 559 g/mol.